The van der Waals surface area contributed by atoms with Gasteiger partial charge in [-0.3, -0.25) is 9.69 Å². The molecule has 1 N–H and O–H groups in total. The summed E-state index contributed by atoms with van der Waals surface area (Å²) in [7, 11) is 0. The van der Waals surface area contributed by atoms with Crippen LogP contribution in [0.4, 0.5) is 11.4 Å². The summed E-state index contributed by atoms with van der Waals surface area (Å²) in [5.74, 6) is -0.128. The van der Waals surface area contributed by atoms with Crippen LogP contribution in [-0.4, -0.2) is 24.1 Å². The van der Waals surface area contributed by atoms with Crippen molar-refractivity contribution in [2.45, 2.75) is 15.8 Å². The van der Waals surface area contributed by atoms with Crippen LogP contribution in [0, 0.1) is 0 Å². The Morgan fingerprint density at radius 3 is 2.68 bits per heavy atom. The summed E-state index contributed by atoms with van der Waals surface area (Å²) < 4.78 is 0. The maximum Gasteiger partial charge on any atom is 0.247 e. The van der Waals surface area contributed by atoms with Crippen molar-refractivity contribution in [1.29, 1.82) is 0 Å². The number of hydrazine groups is 1. The van der Waals surface area contributed by atoms with Crippen LogP contribution in [0.2, 0.25) is 10.0 Å². The summed E-state index contributed by atoms with van der Waals surface area (Å²) in [6, 6.07) is 20.8. The highest BCUT2D eigenvalue weighted by atomic mass is 35.5. The van der Waals surface area contributed by atoms with Gasteiger partial charge in [0, 0.05) is 19.8 Å². The minimum absolute atomic E-state index is 0.0327. The topological polar surface area (TPSA) is 60.3 Å². The summed E-state index contributed by atoms with van der Waals surface area (Å²) in [4.78, 5) is 17.1. The minimum Gasteiger partial charge on any atom is -0.278 e. The number of para-hydroxylation sites is 1. The summed E-state index contributed by atoms with van der Waals surface area (Å²) in [5.41, 5.74) is 5.63. The molecule has 5 rings (SSSR count). The SMILES string of the molecule is O=C(CNN1N=NCC1c1ccccc1Cl)N1c2ccccc2Sc2ccc(Cl)cc21. The predicted octanol–water partition coefficient (Wildman–Crippen LogP) is 6.05. The van der Waals surface area contributed by atoms with Crippen LogP contribution in [0.3, 0.4) is 0 Å². The average molecular weight is 470 g/mol. The number of anilines is 2. The van der Waals surface area contributed by atoms with E-state index in [0.717, 1.165) is 26.7 Å². The zero-order chi connectivity index (χ0) is 21.4. The van der Waals surface area contributed by atoms with Crippen LogP contribution in [0.5, 0.6) is 0 Å². The van der Waals surface area contributed by atoms with E-state index in [9.17, 15) is 4.79 Å². The first-order chi connectivity index (χ1) is 15.1. The van der Waals surface area contributed by atoms with Gasteiger partial charge in [-0.2, -0.15) is 5.11 Å². The minimum atomic E-state index is -0.174. The lowest BCUT2D eigenvalue weighted by Crippen LogP contribution is -2.43. The van der Waals surface area contributed by atoms with E-state index in [1.807, 2.05) is 66.7 Å². The Bertz CT molecular complexity index is 1190. The second kappa shape index (κ2) is 8.51. The fourth-order valence-electron chi connectivity index (χ4n) is 3.66. The maximum absolute atomic E-state index is 13.4. The van der Waals surface area contributed by atoms with Crippen LogP contribution in [0.1, 0.15) is 11.6 Å². The molecule has 31 heavy (non-hydrogen) atoms. The van der Waals surface area contributed by atoms with Gasteiger partial charge in [0.05, 0.1) is 24.5 Å². The van der Waals surface area contributed by atoms with Gasteiger partial charge in [0.15, 0.2) is 0 Å². The van der Waals surface area contributed by atoms with Gasteiger partial charge >= 0.3 is 0 Å². The lowest BCUT2D eigenvalue weighted by molar-refractivity contribution is -0.118. The highest BCUT2D eigenvalue weighted by Crippen LogP contribution is 2.48. The van der Waals surface area contributed by atoms with Crippen LogP contribution in [0.25, 0.3) is 0 Å². The molecule has 2 aliphatic heterocycles. The molecule has 0 aromatic heterocycles. The van der Waals surface area contributed by atoms with Crippen molar-refractivity contribution in [2.75, 3.05) is 18.0 Å². The van der Waals surface area contributed by atoms with Gasteiger partial charge in [-0.1, -0.05) is 70.5 Å². The molecule has 0 radical (unpaired) electrons. The third-order valence-electron chi connectivity index (χ3n) is 5.10. The van der Waals surface area contributed by atoms with Crippen molar-refractivity contribution in [3.05, 3.63) is 82.3 Å². The standard InChI is InChI=1S/C22H17Cl2N5OS/c23-14-9-10-21-18(11-14)28(17-7-3-4-8-20(17)31-21)22(30)13-26-29-19(12-25-27-29)15-5-1-2-6-16(15)24/h1-11,19,26H,12-13H2. The van der Waals surface area contributed by atoms with Crippen molar-refractivity contribution in [3.63, 3.8) is 0 Å². The van der Waals surface area contributed by atoms with Gasteiger partial charge < -0.3 is 0 Å². The molecule has 0 fully saturated rings. The predicted molar refractivity (Wildman–Crippen MR) is 123 cm³/mol. The van der Waals surface area contributed by atoms with Crippen LogP contribution >= 0.6 is 35.0 Å². The van der Waals surface area contributed by atoms with Crippen LogP contribution in [0.15, 0.2) is 86.9 Å². The molecule has 0 spiro atoms. The second-order valence-corrected chi connectivity index (χ2v) is 8.97. The number of fused-ring (bicyclic) bond motifs is 2. The van der Waals surface area contributed by atoms with Crippen LogP contribution < -0.4 is 10.3 Å². The van der Waals surface area contributed by atoms with E-state index in [2.05, 4.69) is 15.8 Å². The molecule has 9 heteroatoms. The van der Waals surface area contributed by atoms with E-state index in [0.29, 0.717) is 16.6 Å². The van der Waals surface area contributed by atoms with Crippen molar-refractivity contribution < 1.29 is 4.79 Å². The number of nitrogens with zero attached hydrogens (tertiary/aromatic N) is 4. The fraction of sp³-hybridized carbons (Fsp3) is 0.136. The second-order valence-electron chi connectivity index (χ2n) is 7.04. The van der Waals surface area contributed by atoms with Crippen molar-refractivity contribution in [3.8, 4) is 0 Å². The third-order valence-corrected chi connectivity index (χ3v) is 6.81. The normalized spacial score (nSPS) is 16.9. The molecule has 0 bridgehead atoms. The fourth-order valence-corrected chi connectivity index (χ4v) is 5.13. The molecule has 0 saturated heterocycles. The van der Waals surface area contributed by atoms with Crippen molar-refractivity contribution in [2.24, 2.45) is 10.3 Å². The van der Waals surface area contributed by atoms with Crippen LogP contribution in [-0.2, 0) is 4.79 Å². The van der Waals surface area contributed by atoms with E-state index >= 15 is 0 Å². The first-order valence-corrected chi connectivity index (χ1v) is 11.2. The molecule has 1 atom stereocenters. The van der Waals surface area contributed by atoms with Gasteiger partial charge in [0.25, 0.3) is 0 Å². The van der Waals surface area contributed by atoms with Gasteiger partial charge in [-0.15, -0.1) is 0 Å². The lowest BCUT2D eigenvalue weighted by atomic mass is 10.1. The summed E-state index contributed by atoms with van der Waals surface area (Å²) in [5, 5.41) is 11.1. The van der Waals surface area contributed by atoms with E-state index < -0.39 is 0 Å². The smallest absolute Gasteiger partial charge is 0.247 e. The summed E-state index contributed by atoms with van der Waals surface area (Å²) >= 11 is 14.2. The molecule has 3 aromatic rings. The van der Waals surface area contributed by atoms with Gasteiger partial charge in [-0.25, -0.2) is 10.5 Å². The molecule has 1 unspecified atom stereocenters. The summed E-state index contributed by atoms with van der Waals surface area (Å²) in [6.07, 6.45) is 0. The monoisotopic (exact) mass is 469 g/mol. The summed E-state index contributed by atoms with van der Waals surface area (Å²) in [6.45, 7) is 0.497. The number of hydrogen-bond donors (Lipinski definition) is 1. The molecule has 6 nitrogen and oxygen atoms in total. The average Bonchev–Trinajstić information content (AvgIpc) is 3.24. The first-order valence-electron chi connectivity index (χ1n) is 9.66. The molecular weight excluding hydrogens is 453 g/mol. The zero-order valence-corrected chi connectivity index (χ0v) is 18.5. The largest absolute Gasteiger partial charge is 0.278 e. The Labute approximate surface area is 193 Å². The van der Waals surface area contributed by atoms with Crippen molar-refractivity contribution >= 4 is 52.2 Å². The Kier molecular flexibility index (Phi) is 5.58. The molecule has 0 saturated carbocycles. The molecular formula is C22H17Cl2N5OS. The van der Waals surface area contributed by atoms with Gasteiger partial charge in [0.2, 0.25) is 5.91 Å². The van der Waals surface area contributed by atoms with E-state index in [1.54, 1.807) is 21.8 Å². The highest BCUT2D eigenvalue weighted by molar-refractivity contribution is 7.99. The zero-order valence-electron chi connectivity index (χ0n) is 16.2. The number of nitrogens with one attached hydrogen (secondary N) is 1. The highest BCUT2D eigenvalue weighted by Gasteiger charge is 2.30. The molecule has 0 aliphatic carbocycles. The molecule has 2 heterocycles. The number of carbonyl (C=O) groups excluding carboxylic acids is 1. The Hall–Kier alpha value is -2.58. The number of rotatable bonds is 4. The van der Waals surface area contributed by atoms with E-state index in [1.165, 1.54) is 0 Å². The number of halogens is 2. The van der Waals surface area contributed by atoms with E-state index in [4.69, 9.17) is 23.2 Å². The quantitative estimate of drug-likeness (QED) is 0.504. The number of carbonyl (C=O) groups is 1. The Balaban J connectivity index is 1.39. The Morgan fingerprint density at radius 2 is 1.81 bits per heavy atom. The van der Waals surface area contributed by atoms with Gasteiger partial charge in [0.1, 0.15) is 6.04 Å². The number of hydrogen-bond acceptors (Lipinski definition) is 6. The van der Waals surface area contributed by atoms with E-state index in [-0.39, 0.29) is 18.5 Å². The van der Waals surface area contributed by atoms with Crippen molar-refractivity contribution in [1.82, 2.24) is 10.5 Å². The number of benzene rings is 3. The number of amides is 1. The third kappa shape index (κ3) is 3.90. The first kappa shape index (κ1) is 20.3. The molecule has 3 aromatic carbocycles. The molecule has 156 valence electrons. The lowest BCUT2D eigenvalue weighted by Gasteiger charge is -2.32. The van der Waals surface area contributed by atoms with Gasteiger partial charge in [-0.05, 0) is 42.0 Å². The molecule has 1 amide bonds. The maximum atomic E-state index is 13.4. The Morgan fingerprint density at radius 1 is 1.03 bits per heavy atom. The molecule has 2 aliphatic rings.